The van der Waals surface area contributed by atoms with Gasteiger partial charge in [-0.25, -0.2) is 4.98 Å². The summed E-state index contributed by atoms with van der Waals surface area (Å²) >= 11 is 1.58. The fourth-order valence-electron chi connectivity index (χ4n) is 2.68. The molecule has 1 aliphatic rings. The van der Waals surface area contributed by atoms with Crippen LogP contribution in [0.15, 0.2) is 34.1 Å². The predicted octanol–water partition coefficient (Wildman–Crippen LogP) is 3.02. The molecule has 2 aromatic rings. The average molecular weight is 407 g/mol. The number of aromatic nitrogens is 2. The minimum Gasteiger partial charge on any atom is -0.455 e. The van der Waals surface area contributed by atoms with E-state index in [2.05, 4.69) is 22.5 Å². The van der Waals surface area contributed by atoms with E-state index in [1.54, 1.807) is 24.0 Å². The van der Waals surface area contributed by atoms with Crippen molar-refractivity contribution in [3.05, 3.63) is 36.0 Å². The maximum atomic E-state index is 12.3. The van der Waals surface area contributed by atoms with Gasteiger partial charge in [-0.3, -0.25) is 4.79 Å². The number of imidazole rings is 1. The zero-order valence-electron chi connectivity index (χ0n) is 14.2. The van der Waals surface area contributed by atoms with Crippen LogP contribution < -0.4 is 10.6 Å². The number of carbonyl (C=O) groups is 1. The summed E-state index contributed by atoms with van der Waals surface area (Å²) in [6, 6.07) is 4.05. The molecule has 25 heavy (non-hydrogen) atoms. The molecule has 1 aliphatic heterocycles. The van der Waals surface area contributed by atoms with Crippen molar-refractivity contribution in [2.24, 2.45) is 7.05 Å². The number of nitrogens with zero attached hydrogens (tertiary/aromatic N) is 2. The Morgan fingerprint density at radius 3 is 2.96 bits per heavy atom. The van der Waals surface area contributed by atoms with E-state index in [9.17, 15) is 4.79 Å². The molecule has 0 aliphatic carbocycles. The highest BCUT2D eigenvalue weighted by Gasteiger charge is 2.24. The maximum Gasteiger partial charge on any atom is 0.287 e. The van der Waals surface area contributed by atoms with Gasteiger partial charge in [0.2, 0.25) is 0 Å². The van der Waals surface area contributed by atoms with Crippen molar-refractivity contribution < 1.29 is 9.21 Å². The molecule has 140 valence electrons. The first kappa shape index (κ1) is 21.9. The third-order valence-electron chi connectivity index (χ3n) is 4.08. The quantitative estimate of drug-likeness (QED) is 0.746. The first-order valence-electron chi connectivity index (χ1n) is 7.86. The average Bonchev–Trinajstić information content (AvgIpc) is 3.16. The molecule has 3 rings (SSSR count). The maximum absolute atomic E-state index is 12.3. The summed E-state index contributed by atoms with van der Waals surface area (Å²) in [7, 11) is 1.95. The SMILES string of the molecule is CC1NCCCC1NC(=O)c1ccc(CSc2nccn2C)o1.Cl.Cl. The second-order valence-corrected chi connectivity index (χ2v) is 6.78. The van der Waals surface area contributed by atoms with E-state index in [1.165, 1.54) is 0 Å². The van der Waals surface area contributed by atoms with Crippen LogP contribution >= 0.6 is 36.6 Å². The van der Waals surface area contributed by atoms with Crippen LogP contribution in [-0.2, 0) is 12.8 Å². The Morgan fingerprint density at radius 1 is 1.48 bits per heavy atom. The van der Waals surface area contributed by atoms with Crippen molar-refractivity contribution >= 4 is 42.5 Å². The van der Waals surface area contributed by atoms with Gasteiger partial charge in [-0.05, 0) is 38.4 Å². The molecule has 3 heterocycles. The Labute approximate surface area is 164 Å². The number of thioether (sulfide) groups is 1. The number of carbonyl (C=O) groups excluding carboxylic acids is 1. The lowest BCUT2D eigenvalue weighted by Crippen LogP contribution is -2.51. The van der Waals surface area contributed by atoms with Crippen LogP contribution in [0.3, 0.4) is 0 Å². The summed E-state index contributed by atoms with van der Waals surface area (Å²) in [5, 5.41) is 7.36. The smallest absolute Gasteiger partial charge is 0.287 e. The summed E-state index contributed by atoms with van der Waals surface area (Å²) in [5.74, 6) is 1.66. The third-order valence-corrected chi connectivity index (χ3v) is 5.16. The summed E-state index contributed by atoms with van der Waals surface area (Å²) in [6.07, 6.45) is 5.76. The van der Waals surface area contributed by atoms with Crippen LogP contribution in [0, 0.1) is 0 Å². The number of hydrogen-bond acceptors (Lipinski definition) is 5. The molecule has 0 spiro atoms. The lowest BCUT2D eigenvalue weighted by Gasteiger charge is -2.30. The predicted molar refractivity (Wildman–Crippen MR) is 104 cm³/mol. The number of aryl methyl sites for hydroxylation is 1. The molecule has 1 amide bonds. The van der Waals surface area contributed by atoms with Crippen LogP contribution in [0.2, 0.25) is 0 Å². The van der Waals surface area contributed by atoms with Gasteiger partial charge in [-0.15, -0.1) is 24.8 Å². The Kier molecular flexibility index (Phi) is 8.85. The molecular weight excluding hydrogens is 383 g/mol. The lowest BCUT2D eigenvalue weighted by molar-refractivity contribution is 0.0890. The van der Waals surface area contributed by atoms with Crippen LogP contribution in [0.4, 0.5) is 0 Å². The van der Waals surface area contributed by atoms with Crippen molar-refractivity contribution in [3.63, 3.8) is 0 Å². The van der Waals surface area contributed by atoms with Gasteiger partial charge in [0, 0.05) is 31.5 Å². The van der Waals surface area contributed by atoms with Crippen molar-refractivity contribution in [1.82, 2.24) is 20.2 Å². The molecule has 0 aromatic carbocycles. The molecule has 0 radical (unpaired) electrons. The minimum atomic E-state index is -0.140. The van der Waals surface area contributed by atoms with Gasteiger partial charge in [0.25, 0.3) is 5.91 Å². The molecule has 2 aromatic heterocycles. The van der Waals surface area contributed by atoms with E-state index in [-0.39, 0.29) is 36.8 Å². The minimum absolute atomic E-state index is 0. The summed E-state index contributed by atoms with van der Waals surface area (Å²) in [4.78, 5) is 16.6. The molecule has 0 bridgehead atoms. The van der Waals surface area contributed by atoms with Crippen molar-refractivity contribution in [2.75, 3.05) is 6.54 Å². The molecule has 1 saturated heterocycles. The second kappa shape index (κ2) is 10.1. The highest BCUT2D eigenvalue weighted by atomic mass is 35.5. The standard InChI is InChI=1S/C16H22N4O2S.2ClH/c1-11-13(4-3-7-17-11)19-15(21)14-6-5-12(22-14)10-23-16-18-8-9-20(16)2;;/h5-6,8-9,11,13,17H,3-4,7,10H2,1-2H3,(H,19,21);2*1H. The van der Waals surface area contributed by atoms with E-state index in [0.29, 0.717) is 17.6 Å². The number of hydrogen-bond donors (Lipinski definition) is 2. The number of furan rings is 1. The second-order valence-electron chi connectivity index (χ2n) is 5.84. The van der Waals surface area contributed by atoms with E-state index in [1.807, 2.05) is 23.9 Å². The van der Waals surface area contributed by atoms with Crippen molar-refractivity contribution in [1.29, 1.82) is 0 Å². The number of amides is 1. The van der Waals surface area contributed by atoms with E-state index >= 15 is 0 Å². The lowest BCUT2D eigenvalue weighted by atomic mass is 10.00. The van der Waals surface area contributed by atoms with Crippen molar-refractivity contribution in [2.45, 2.75) is 42.8 Å². The van der Waals surface area contributed by atoms with Gasteiger partial charge in [0.1, 0.15) is 5.76 Å². The molecule has 2 atom stereocenters. The van der Waals surface area contributed by atoms with Gasteiger partial charge in [0.15, 0.2) is 10.9 Å². The molecule has 1 fully saturated rings. The molecule has 0 saturated carbocycles. The largest absolute Gasteiger partial charge is 0.455 e. The third kappa shape index (κ3) is 5.67. The monoisotopic (exact) mass is 406 g/mol. The normalized spacial score (nSPS) is 19.6. The van der Waals surface area contributed by atoms with Gasteiger partial charge < -0.3 is 19.6 Å². The van der Waals surface area contributed by atoms with E-state index < -0.39 is 0 Å². The molecule has 2 unspecified atom stereocenters. The highest BCUT2D eigenvalue weighted by molar-refractivity contribution is 7.98. The van der Waals surface area contributed by atoms with Gasteiger partial charge in [-0.2, -0.15) is 0 Å². The number of nitrogens with one attached hydrogen (secondary N) is 2. The zero-order chi connectivity index (χ0) is 16.2. The molecule has 6 nitrogen and oxygen atoms in total. The number of rotatable bonds is 5. The van der Waals surface area contributed by atoms with Gasteiger partial charge in [0.05, 0.1) is 5.75 Å². The first-order chi connectivity index (χ1) is 11.1. The Balaban J connectivity index is 0.00000156. The highest BCUT2D eigenvalue weighted by Crippen LogP contribution is 2.22. The van der Waals surface area contributed by atoms with E-state index in [0.717, 1.165) is 30.3 Å². The number of halogens is 2. The summed E-state index contributed by atoms with van der Waals surface area (Å²) in [5.41, 5.74) is 0. The number of piperidine rings is 1. The van der Waals surface area contributed by atoms with E-state index in [4.69, 9.17) is 4.42 Å². The first-order valence-corrected chi connectivity index (χ1v) is 8.85. The van der Waals surface area contributed by atoms with Crippen LogP contribution in [0.1, 0.15) is 36.1 Å². The molecule has 2 N–H and O–H groups in total. The van der Waals surface area contributed by atoms with Crippen LogP contribution in [-0.4, -0.2) is 34.1 Å². The molecular formula is C16H24Cl2N4O2S. The Morgan fingerprint density at radius 2 is 2.28 bits per heavy atom. The van der Waals surface area contributed by atoms with Crippen LogP contribution in [0.25, 0.3) is 0 Å². The Hall–Kier alpha value is -1.15. The fourth-order valence-corrected chi connectivity index (χ4v) is 3.51. The zero-order valence-corrected chi connectivity index (χ0v) is 16.7. The summed E-state index contributed by atoms with van der Waals surface area (Å²) in [6.45, 7) is 3.12. The van der Waals surface area contributed by atoms with Gasteiger partial charge >= 0.3 is 0 Å². The van der Waals surface area contributed by atoms with Gasteiger partial charge in [-0.1, -0.05) is 11.8 Å². The topological polar surface area (TPSA) is 72.1 Å². The fraction of sp³-hybridized carbons (Fsp3) is 0.500. The van der Waals surface area contributed by atoms with Crippen LogP contribution in [0.5, 0.6) is 0 Å². The van der Waals surface area contributed by atoms with Crippen molar-refractivity contribution in [3.8, 4) is 0 Å². The summed E-state index contributed by atoms with van der Waals surface area (Å²) < 4.78 is 7.63. The molecule has 9 heteroatoms. The Bertz CT molecular complexity index is 677.